The van der Waals surface area contributed by atoms with E-state index in [-0.39, 0.29) is 23.3 Å². The Hall–Kier alpha value is -3.28. The van der Waals surface area contributed by atoms with Crippen molar-refractivity contribution in [3.63, 3.8) is 0 Å². The van der Waals surface area contributed by atoms with Gasteiger partial charge in [-0.05, 0) is 36.6 Å². The van der Waals surface area contributed by atoms with E-state index in [1.54, 1.807) is 23.1 Å². The Morgan fingerprint density at radius 2 is 1.63 bits per heavy atom. The number of hydrogen-bond acceptors (Lipinski definition) is 4. The molecule has 2 aromatic rings. The smallest absolute Gasteiger partial charge is 0.269 e. The fraction of sp³-hybridized carbons (Fsp3) is 0.238. The third-order valence-corrected chi connectivity index (χ3v) is 4.76. The Labute approximate surface area is 157 Å². The maximum Gasteiger partial charge on any atom is 0.269 e. The van der Waals surface area contributed by atoms with Crippen molar-refractivity contribution < 1.29 is 14.5 Å². The molecule has 0 atom stereocenters. The van der Waals surface area contributed by atoms with Gasteiger partial charge in [0.05, 0.1) is 4.92 Å². The number of ketones is 1. The number of rotatable bonds is 5. The van der Waals surface area contributed by atoms with E-state index in [0.717, 1.165) is 11.1 Å². The van der Waals surface area contributed by atoms with Crippen molar-refractivity contribution in [3.05, 3.63) is 81.9 Å². The largest absolute Gasteiger partial charge is 0.339 e. The number of carbonyl (C=O) groups is 2. The van der Waals surface area contributed by atoms with Gasteiger partial charge in [0.25, 0.3) is 5.69 Å². The molecule has 0 aromatic heterocycles. The molecule has 6 heteroatoms. The molecule has 1 fully saturated rings. The van der Waals surface area contributed by atoms with Gasteiger partial charge in [-0.25, -0.2) is 0 Å². The maximum atomic E-state index is 12.5. The first-order valence-corrected chi connectivity index (χ1v) is 8.85. The number of non-ortho nitro benzene ring substituents is 1. The number of likely N-dealkylation sites (tertiary alicyclic amines) is 1. The van der Waals surface area contributed by atoms with Crippen molar-refractivity contribution in [1.82, 2.24) is 4.90 Å². The Morgan fingerprint density at radius 1 is 1.00 bits per heavy atom. The lowest BCUT2D eigenvalue weighted by Crippen LogP contribution is -2.39. The second-order valence-corrected chi connectivity index (χ2v) is 6.51. The van der Waals surface area contributed by atoms with Crippen LogP contribution in [0.25, 0.3) is 6.08 Å². The summed E-state index contributed by atoms with van der Waals surface area (Å²) >= 11 is 0. The zero-order valence-corrected chi connectivity index (χ0v) is 14.8. The van der Waals surface area contributed by atoms with Crippen LogP contribution in [-0.4, -0.2) is 34.6 Å². The standard InChI is InChI=1S/C21H20N2O4/c24-20(11-8-16-6-9-19(10-7-16)23(26)27)22-14-12-18(13-15-22)21(25)17-4-2-1-3-5-17/h1-11,18H,12-15H2. The van der Waals surface area contributed by atoms with E-state index in [0.29, 0.717) is 25.9 Å². The number of hydrogen-bond donors (Lipinski definition) is 0. The average molecular weight is 364 g/mol. The molecule has 1 saturated heterocycles. The number of nitrogens with zero attached hydrogens (tertiary/aromatic N) is 2. The number of benzene rings is 2. The molecule has 1 heterocycles. The van der Waals surface area contributed by atoms with Gasteiger partial charge < -0.3 is 4.90 Å². The SMILES string of the molecule is O=C(c1ccccc1)C1CCN(C(=O)C=Cc2ccc([N+](=O)[O-])cc2)CC1. The third kappa shape index (κ3) is 4.67. The van der Waals surface area contributed by atoms with Crippen LogP contribution in [0, 0.1) is 16.0 Å². The molecule has 0 N–H and O–H groups in total. The second kappa shape index (κ2) is 8.40. The monoisotopic (exact) mass is 364 g/mol. The van der Waals surface area contributed by atoms with Gasteiger partial charge in [0.1, 0.15) is 0 Å². The van der Waals surface area contributed by atoms with Crippen LogP contribution in [0.1, 0.15) is 28.8 Å². The van der Waals surface area contributed by atoms with Gasteiger partial charge in [0.15, 0.2) is 5.78 Å². The fourth-order valence-corrected chi connectivity index (χ4v) is 3.18. The maximum absolute atomic E-state index is 12.5. The number of nitro benzene ring substituents is 1. The molecule has 1 aliphatic heterocycles. The van der Waals surface area contributed by atoms with E-state index in [4.69, 9.17) is 0 Å². The van der Waals surface area contributed by atoms with Crippen molar-refractivity contribution >= 4 is 23.5 Å². The van der Waals surface area contributed by atoms with Gasteiger partial charge in [0.2, 0.25) is 5.91 Å². The van der Waals surface area contributed by atoms with Gasteiger partial charge in [-0.1, -0.05) is 30.3 Å². The van der Waals surface area contributed by atoms with Gasteiger partial charge in [0, 0.05) is 42.8 Å². The number of piperidine rings is 1. The normalized spacial score (nSPS) is 15.0. The Morgan fingerprint density at radius 3 is 2.22 bits per heavy atom. The topological polar surface area (TPSA) is 80.5 Å². The first kappa shape index (κ1) is 18.5. The van der Waals surface area contributed by atoms with Crippen molar-refractivity contribution in [3.8, 4) is 0 Å². The molecule has 0 unspecified atom stereocenters. The van der Waals surface area contributed by atoms with Crippen molar-refractivity contribution in [2.45, 2.75) is 12.8 Å². The summed E-state index contributed by atoms with van der Waals surface area (Å²) in [5, 5.41) is 10.7. The van der Waals surface area contributed by atoms with Gasteiger partial charge in [-0.2, -0.15) is 0 Å². The zero-order valence-electron chi connectivity index (χ0n) is 14.8. The van der Waals surface area contributed by atoms with E-state index in [1.807, 2.05) is 30.3 Å². The highest BCUT2D eigenvalue weighted by Gasteiger charge is 2.27. The number of nitro groups is 1. The minimum atomic E-state index is -0.459. The Balaban J connectivity index is 1.54. The molecule has 2 aromatic carbocycles. The molecule has 0 saturated carbocycles. The molecule has 0 spiro atoms. The molecular weight excluding hydrogens is 344 g/mol. The summed E-state index contributed by atoms with van der Waals surface area (Å²) in [5.41, 5.74) is 1.46. The van der Waals surface area contributed by atoms with Gasteiger partial charge in [-0.3, -0.25) is 19.7 Å². The Bertz CT molecular complexity index is 852. The molecule has 3 rings (SSSR count). The van der Waals surface area contributed by atoms with E-state index in [2.05, 4.69) is 0 Å². The van der Waals surface area contributed by atoms with Crippen LogP contribution in [0.2, 0.25) is 0 Å². The van der Waals surface area contributed by atoms with E-state index >= 15 is 0 Å². The van der Waals surface area contributed by atoms with E-state index < -0.39 is 4.92 Å². The summed E-state index contributed by atoms with van der Waals surface area (Å²) < 4.78 is 0. The Kier molecular flexibility index (Phi) is 5.76. The molecule has 1 aliphatic rings. The highest BCUT2D eigenvalue weighted by Crippen LogP contribution is 2.22. The summed E-state index contributed by atoms with van der Waals surface area (Å²) in [7, 11) is 0. The summed E-state index contributed by atoms with van der Waals surface area (Å²) in [6.45, 7) is 1.10. The summed E-state index contributed by atoms with van der Waals surface area (Å²) in [5.74, 6) is -0.0156. The summed E-state index contributed by atoms with van der Waals surface area (Å²) in [6, 6.07) is 15.3. The first-order valence-electron chi connectivity index (χ1n) is 8.85. The number of carbonyl (C=O) groups excluding carboxylic acids is 2. The van der Waals surface area contributed by atoms with Crippen molar-refractivity contribution in [2.24, 2.45) is 5.92 Å². The molecule has 0 radical (unpaired) electrons. The van der Waals surface area contributed by atoms with Crippen LogP contribution in [0.5, 0.6) is 0 Å². The molecule has 27 heavy (non-hydrogen) atoms. The highest BCUT2D eigenvalue weighted by molar-refractivity contribution is 5.98. The number of amides is 1. The summed E-state index contributed by atoms with van der Waals surface area (Å²) in [6.07, 6.45) is 4.43. The predicted octanol–water partition coefficient (Wildman–Crippen LogP) is 3.73. The lowest BCUT2D eigenvalue weighted by Gasteiger charge is -2.30. The molecule has 0 bridgehead atoms. The lowest BCUT2D eigenvalue weighted by molar-refractivity contribution is -0.384. The van der Waals surface area contributed by atoms with Crippen LogP contribution < -0.4 is 0 Å². The molecular formula is C21H20N2O4. The first-order chi connectivity index (χ1) is 13.0. The van der Waals surface area contributed by atoms with Crippen LogP contribution in [0.15, 0.2) is 60.7 Å². The van der Waals surface area contributed by atoms with Gasteiger partial charge >= 0.3 is 0 Å². The quantitative estimate of drug-likeness (QED) is 0.350. The fourth-order valence-electron chi connectivity index (χ4n) is 3.18. The molecule has 1 amide bonds. The van der Waals surface area contributed by atoms with Crippen LogP contribution >= 0.6 is 0 Å². The lowest BCUT2D eigenvalue weighted by atomic mass is 9.89. The summed E-state index contributed by atoms with van der Waals surface area (Å²) in [4.78, 5) is 36.8. The minimum Gasteiger partial charge on any atom is -0.339 e. The minimum absolute atomic E-state index is 0.0173. The molecule has 138 valence electrons. The van der Waals surface area contributed by atoms with E-state index in [9.17, 15) is 19.7 Å². The van der Waals surface area contributed by atoms with Gasteiger partial charge in [-0.15, -0.1) is 0 Å². The van der Waals surface area contributed by atoms with Crippen LogP contribution in [0.4, 0.5) is 5.69 Å². The molecule has 0 aliphatic carbocycles. The number of Topliss-reactive ketones (excluding diaryl/α,β-unsaturated/α-hetero) is 1. The highest BCUT2D eigenvalue weighted by atomic mass is 16.6. The second-order valence-electron chi connectivity index (χ2n) is 6.51. The van der Waals surface area contributed by atoms with Crippen molar-refractivity contribution in [2.75, 3.05) is 13.1 Å². The average Bonchev–Trinajstić information content (AvgIpc) is 2.72. The predicted molar refractivity (Wildman–Crippen MR) is 102 cm³/mol. The van der Waals surface area contributed by atoms with E-state index in [1.165, 1.54) is 18.2 Å². The third-order valence-electron chi connectivity index (χ3n) is 4.76. The van der Waals surface area contributed by atoms with Crippen LogP contribution in [0.3, 0.4) is 0 Å². The van der Waals surface area contributed by atoms with Crippen LogP contribution in [-0.2, 0) is 4.79 Å². The molecule has 6 nitrogen and oxygen atoms in total. The zero-order chi connectivity index (χ0) is 19.2. The van der Waals surface area contributed by atoms with Crippen molar-refractivity contribution in [1.29, 1.82) is 0 Å².